The Hall–Kier alpha value is -0.930. The molecule has 0 aromatic heterocycles. The van der Waals surface area contributed by atoms with Crippen LogP contribution in [0.3, 0.4) is 0 Å². The zero-order valence-electron chi connectivity index (χ0n) is 11.7. The van der Waals surface area contributed by atoms with E-state index in [-0.39, 0.29) is 11.2 Å². The predicted molar refractivity (Wildman–Crippen MR) is 86.3 cm³/mol. The Morgan fingerprint density at radius 1 is 1.35 bits per heavy atom. The summed E-state index contributed by atoms with van der Waals surface area (Å²) in [6.45, 7) is 2.63. The summed E-state index contributed by atoms with van der Waals surface area (Å²) in [4.78, 5) is 13.1. The molecule has 1 amide bonds. The van der Waals surface area contributed by atoms with Crippen LogP contribution in [0, 0.1) is 0 Å². The maximum absolute atomic E-state index is 12.1. The highest BCUT2D eigenvalue weighted by Gasteiger charge is 2.14. The molecular formula is C16H20ClNOS. The van der Waals surface area contributed by atoms with Gasteiger partial charge in [0.1, 0.15) is 0 Å². The molecule has 0 saturated carbocycles. The first-order valence-corrected chi connectivity index (χ1v) is 8.29. The van der Waals surface area contributed by atoms with E-state index in [1.807, 2.05) is 31.2 Å². The van der Waals surface area contributed by atoms with Crippen molar-refractivity contribution in [2.75, 3.05) is 6.54 Å². The third kappa shape index (κ3) is 4.88. The molecule has 20 heavy (non-hydrogen) atoms. The Bertz CT molecular complexity index is 484. The van der Waals surface area contributed by atoms with E-state index in [0.29, 0.717) is 6.54 Å². The van der Waals surface area contributed by atoms with Gasteiger partial charge in [-0.25, -0.2) is 0 Å². The van der Waals surface area contributed by atoms with Gasteiger partial charge in [0.15, 0.2) is 0 Å². The van der Waals surface area contributed by atoms with Gasteiger partial charge in [-0.05, 0) is 56.9 Å². The Morgan fingerprint density at radius 2 is 2.10 bits per heavy atom. The normalized spacial score (nSPS) is 16.4. The molecule has 0 heterocycles. The highest BCUT2D eigenvalue weighted by molar-refractivity contribution is 8.00. The molecule has 1 aliphatic carbocycles. The van der Waals surface area contributed by atoms with Crippen molar-refractivity contribution in [2.24, 2.45) is 0 Å². The lowest BCUT2D eigenvalue weighted by molar-refractivity contribution is -0.120. The number of thioether (sulfide) groups is 1. The van der Waals surface area contributed by atoms with Crippen molar-refractivity contribution >= 4 is 29.3 Å². The minimum Gasteiger partial charge on any atom is -0.351 e. The average molecular weight is 310 g/mol. The second-order valence-corrected chi connectivity index (χ2v) is 6.89. The molecule has 1 aliphatic rings. The van der Waals surface area contributed by atoms with Crippen LogP contribution in [0.4, 0.5) is 0 Å². The molecule has 0 bridgehead atoms. The first-order chi connectivity index (χ1) is 9.65. The highest BCUT2D eigenvalue weighted by atomic mass is 35.5. The summed E-state index contributed by atoms with van der Waals surface area (Å²) in [5.74, 6) is 0.0939. The van der Waals surface area contributed by atoms with E-state index in [4.69, 9.17) is 11.6 Å². The summed E-state index contributed by atoms with van der Waals surface area (Å²) in [5.41, 5.74) is 1.37. The summed E-state index contributed by atoms with van der Waals surface area (Å²) in [7, 11) is 0. The molecule has 0 fully saturated rings. The van der Waals surface area contributed by atoms with Gasteiger partial charge in [-0.2, -0.15) is 0 Å². The lowest BCUT2D eigenvalue weighted by Gasteiger charge is -2.16. The van der Waals surface area contributed by atoms with Crippen molar-refractivity contribution in [3.63, 3.8) is 0 Å². The lowest BCUT2D eigenvalue weighted by atomic mass is 10.00. The van der Waals surface area contributed by atoms with E-state index >= 15 is 0 Å². The molecule has 1 aromatic rings. The molecule has 2 nitrogen and oxygen atoms in total. The third-order valence-corrected chi connectivity index (χ3v) is 4.73. The number of benzene rings is 1. The van der Waals surface area contributed by atoms with Gasteiger partial charge in [0.05, 0.1) is 5.25 Å². The van der Waals surface area contributed by atoms with Crippen LogP contribution in [0.25, 0.3) is 0 Å². The van der Waals surface area contributed by atoms with Gasteiger partial charge in [-0.15, -0.1) is 11.8 Å². The highest BCUT2D eigenvalue weighted by Crippen LogP contribution is 2.25. The molecule has 0 unspecified atom stereocenters. The molecule has 0 saturated heterocycles. The number of halogens is 1. The molecule has 0 spiro atoms. The topological polar surface area (TPSA) is 29.1 Å². The number of amides is 1. The quantitative estimate of drug-likeness (QED) is 0.643. The summed E-state index contributed by atoms with van der Waals surface area (Å²) in [6, 6.07) is 7.59. The van der Waals surface area contributed by atoms with E-state index < -0.39 is 0 Å². The maximum Gasteiger partial charge on any atom is 0.233 e. The maximum atomic E-state index is 12.1. The number of hydrogen-bond donors (Lipinski definition) is 1. The van der Waals surface area contributed by atoms with Gasteiger partial charge in [-0.3, -0.25) is 4.79 Å². The fourth-order valence-electron chi connectivity index (χ4n) is 2.18. The van der Waals surface area contributed by atoms with Crippen molar-refractivity contribution in [1.29, 1.82) is 0 Å². The minimum atomic E-state index is -0.0969. The first kappa shape index (κ1) is 15.5. The molecule has 1 N–H and O–H groups in total. The summed E-state index contributed by atoms with van der Waals surface area (Å²) >= 11 is 7.41. The Balaban J connectivity index is 1.79. The smallest absolute Gasteiger partial charge is 0.233 e. The van der Waals surface area contributed by atoms with Crippen molar-refractivity contribution in [1.82, 2.24) is 5.32 Å². The number of carbonyl (C=O) groups excluding carboxylic acids is 1. The fourth-order valence-corrected chi connectivity index (χ4v) is 3.20. The first-order valence-electron chi connectivity index (χ1n) is 7.03. The van der Waals surface area contributed by atoms with Gasteiger partial charge < -0.3 is 5.32 Å². The van der Waals surface area contributed by atoms with Crippen LogP contribution in [-0.2, 0) is 4.79 Å². The Morgan fingerprint density at radius 3 is 2.75 bits per heavy atom. The van der Waals surface area contributed by atoms with Gasteiger partial charge in [-0.1, -0.05) is 23.3 Å². The zero-order valence-corrected chi connectivity index (χ0v) is 13.3. The molecule has 108 valence electrons. The molecule has 2 rings (SSSR count). The monoisotopic (exact) mass is 309 g/mol. The van der Waals surface area contributed by atoms with E-state index in [1.165, 1.54) is 18.4 Å². The Labute approximate surface area is 130 Å². The van der Waals surface area contributed by atoms with Crippen molar-refractivity contribution in [3.05, 3.63) is 40.9 Å². The average Bonchev–Trinajstić information content (AvgIpc) is 2.48. The largest absolute Gasteiger partial charge is 0.351 e. The number of nitrogens with one attached hydrogen (secondary N) is 1. The van der Waals surface area contributed by atoms with Crippen LogP contribution in [-0.4, -0.2) is 17.7 Å². The second kappa shape index (κ2) is 7.75. The molecular weight excluding hydrogens is 290 g/mol. The van der Waals surface area contributed by atoms with Gasteiger partial charge in [0.25, 0.3) is 0 Å². The molecule has 1 aromatic carbocycles. The molecule has 4 heteroatoms. The van der Waals surface area contributed by atoms with Gasteiger partial charge in [0, 0.05) is 16.5 Å². The third-order valence-electron chi connectivity index (χ3n) is 3.37. The zero-order chi connectivity index (χ0) is 14.4. The second-order valence-electron chi connectivity index (χ2n) is 5.04. The number of carbonyl (C=O) groups is 1. The standard InChI is InChI=1S/C16H20ClNOS/c1-12(20-15-9-7-14(17)8-10-15)16(19)18-11-13-5-3-2-4-6-13/h5,7-10,12H,2-4,6,11H2,1H3,(H,18,19)/t12-/m1/s1. The summed E-state index contributed by atoms with van der Waals surface area (Å²) < 4.78 is 0. The van der Waals surface area contributed by atoms with Crippen molar-refractivity contribution in [3.8, 4) is 0 Å². The summed E-state index contributed by atoms with van der Waals surface area (Å²) in [6.07, 6.45) is 7.07. The molecule has 0 radical (unpaired) electrons. The van der Waals surface area contributed by atoms with E-state index in [9.17, 15) is 4.79 Å². The molecule has 1 atom stereocenters. The van der Waals surface area contributed by atoms with Crippen LogP contribution in [0.2, 0.25) is 5.02 Å². The lowest BCUT2D eigenvalue weighted by Crippen LogP contribution is -2.32. The molecule has 0 aliphatic heterocycles. The number of hydrogen-bond acceptors (Lipinski definition) is 2. The van der Waals surface area contributed by atoms with Crippen molar-refractivity contribution < 1.29 is 4.79 Å². The summed E-state index contributed by atoms with van der Waals surface area (Å²) in [5, 5.41) is 3.65. The minimum absolute atomic E-state index is 0.0939. The van der Waals surface area contributed by atoms with Gasteiger partial charge in [0.2, 0.25) is 5.91 Å². The van der Waals surface area contributed by atoms with Crippen LogP contribution in [0.15, 0.2) is 40.8 Å². The SMILES string of the molecule is C[C@@H](Sc1ccc(Cl)cc1)C(=O)NCC1=CCCCC1. The van der Waals surface area contributed by atoms with Crippen molar-refractivity contribution in [2.45, 2.75) is 42.8 Å². The fraction of sp³-hybridized carbons (Fsp3) is 0.438. The van der Waals surface area contributed by atoms with Crippen LogP contribution >= 0.6 is 23.4 Å². The van der Waals surface area contributed by atoms with E-state index in [2.05, 4.69) is 11.4 Å². The van der Waals surface area contributed by atoms with Crippen LogP contribution in [0.1, 0.15) is 32.6 Å². The predicted octanol–water partition coefficient (Wildman–Crippen LogP) is 4.44. The van der Waals surface area contributed by atoms with Crippen LogP contribution in [0.5, 0.6) is 0 Å². The van der Waals surface area contributed by atoms with E-state index in [0.717, 1.165) is 22.8 Å². The number of allylic oxidation sites excluding steroid dienone is 1. The number of rotatable bonds is 5. The van der Waals surface area contributed by atoms with E-state index in [1.54, 1.807) is 11.8 Å². The van der Waals surface area contributed by atoms with Crippen LogP contribution < -0.4 is 5.32 Å². The Kier molecular flexibility index (Phi) is 5.99. The van der Waals surface area contributed by atoms with Gasteiger partial charge >= 0.3 is 0 Å².